The van der Waals surface area contributed by atoms with E-state index in [1.807, 2.05) is 0 Å². The molecule has 2 nitrogen and oxygen atoms in total. The lowest BCUT2D eigenvalue weighted by atomic mass is 10.0. The van der Waals surface area contributed by atoms with Gasteiger partial charge in [-0.25, -0.2) is 4.39 Å². The zero-order valence-electron chi connectivity index (χ0n) is 9.45. The lowest BCUT2D eigenvalue weighted by Gasteiger charge is -2.16. The Bertz CT molecular complexity index is 374. The zero-order chi connectivity index (χ0) is 11.5. The Morgan fingerprint density at radius 2 is 2.06 bits per heavy atom. The van der Waals surface area contributed by atoms with Gasteiger partial charge in [0, 0.05) is 18.7 Å². The summed E-state index contributed by atoms with van der Waals surface area (Å²) in [5.74, 6) is 0.355. The number of carbonyl (C=O) groups is 1. The minimum atomic E-state index is -0.263. The van der Waals surface area contributed by atoms with Crippen LogP contribution in [0.2, 0.25) is 0 Å². The second-order valence-corrected chi connectivity index (χ2v) is 4.34. The van der Waals surface area contributed by atoms with Crippen LogP contribution in [0, 0.1) is 11.7 Å². The second-order valence-electron chi connectivity index (χ2n) is 4.34. The molecule has 16 heavy (non-hydrogen) atoms. The van der Waals surface area contributed by atoms with Gasteiger partial charge in [-0.1, -0.05) is 13.3 Å². The van der Waals surface area contributed by atoms with Crippen molar-refractivity contribution in [2.24, 2.45) is 5.92 Å². The molecule has 1 unspecified atom stereocenters. The Balaban J connectivity index is 2.10. The number of hydrogen-bond donors (Lipinski definition) is 0. The first kappa shape index (κ1) is 11.1. The first-order valence-electron chi connectivity index (χ1n) is 5.76. The summed E-state index contributed by atoms with van der Waals surface area (Å²) in [5, 5.41) is 0. The highest BCUT2D eigenvalue weighted by molar-refractivity contribution is 5.95. The first-order chi connectivity index (χ1) is 7.70. The fraction of sp³-hybridized carbons (Fsp3) is 0.462. The van der Waals surface area contributed by atoms with E-state index in [1.54, 1.807) is 17.0 Å². The van der Waals surface area contributed by atoms with E-state index in [1.165, 1.54) is 12.1 Å². The summed E-state index contributed by atoms with van der Waals surface area (Å²) < 4.78 is 12.8. The molecule has 3 heteroatoms. The SMILES string of the molecule is CCCC1CC(=O)N(c2ccc(F)cc2)C1. The summed E-state index contributed by atoms with van der Waals surface area (Å²) in [7, 11) is 0. The molecule has 0 radical (unpaired) electrons. The topological polar surface area (TPSA) is 20.3 Å². The number of halogens is 1. The van der Waals surface area contributed by atoms with Crippen LogP contribution >= 0.6 is 0 Å². The van der Waals surface area contributed by atoms with Crippen molar-refractivity contribution < 1.29 is 9.18 Å². The minimum Gasteiger partial charge on any atom is -0.312 e. The van der Waals surface area contributed by atoms with Crippen LogP contribution in [0.1, 0.15) is 26.2 Å². The average molecular weight is 221 g/mol. The van der Waals surface area contributed by atoms with Crippen LogP contribution in [0.15, 0.2) is 24.3 Å². The molecule has 0 aromatic heterocycles. The Morgan fingerprint density at radius 1 is 1.38 bits per heavy atom. The van der Waals surface area contributed by atoms with E-state index in [4.69, 9.17) is 0 Å². The molecule has 1 aliphatic rings. The van der Waals surface area contributed by atoms with E-state index < -0.39 is 0 Å². The summed E-state index contributed by atoms with van der Waals surface area (Å²) in [6.07, 6.45) is 2.82. The molecule has 1 saturated heterocycles. The van der Waals surface area contributed by atoms with Crippen molar-refractivity contribution >= 4 is 11.6 Å². The molecule has 1 atom stereocenters. The van der Waals surface area contributed by atoms with Gasteiger partial charge in [0.05, 0.1) is 0 Å². The third kappa shape index (κ3) is 2.23. The summed E-state index contributed by atoms with van der Waals surface area (Å²) in [6.45, 7) is 2.91. The molecular formula is C13H16FNO. The Morgan fingerprint density at radius 3 is 2.69 bits per heavy atom. The van der Waals surface area contributed by atoms with Gasteiger partial charge >= 0.3 is 0 Å². The van der Waals surface area contributed by atoms with Crippen molar-refractivity contribution in [3.63, 3.8) is 0 Å². The summed E-state index contributed by atoms with van der Waals surface area (Å²) in [5.41, 5.74) is 0.810. The van der Waals surface area contributed by atoms with Gasteiger partial charge in [-0.15, -0.1) is 0 Å². The Kier molecular flexibility index (Phi) is 3.22. The predicted molar refractivity (Wildman–Crippen MR) is 61.8 cm³/mol. The highest BCUT2D eigenvalue weighted by Crippen LogP contribution is 2.27. The molecule has 1 amide bonds. The third-order valence-electron chi connectivity index (χ3n) is 3.04. The van der Waals surface area contributed by atoms with E-state index in [0.717, 1.165) is 25.1 Å². The van der Waals surface area contributed by atoms with Crippen LogP contribution in [-0.2, 0) is 4.79 Å². The van der Waals surface area contributed by atoms with Crippen LogP contribution in [-0.4, -0.2) is 12.5 Å². The van der Waals surface area contributed by atoms with Crippen molar-refractivity contribution in [1.29, 1.82) is 0 Å². The fourth-order valence-electron chi connectivity index (χ4n) is 2.25. The number of benzene rings is 1. The van der Waals surface area contributed by atoms with E-state index in [-0.39, 0.29) is 11.7 Å². The van der Waals surface area contributed by atoms with Gasteiger partial charge in [-0.2, -0.15) is 0 Å². The maximum absolute atomic E-state index is 12.8. The molecule has 1 aromatic carbocycles. The quantitative estimate of drug-likeness (QED) is 0.768. The number of carbonyl (C=O) groups excluding carboxylic acids is 1. The zero-order valence-corrected chi connectivity index (χ0v) is 9.45. The van der Waals surface area contributed by atoms with Crippen LogP contribution in [0.5, 0.6) is 0 Å². The van der Waals surface area contributed by atoms with E-state index >= 15 is 0 Å². The third-order valence-corrected chi connectivity index (χ3v) is 3.04. The normalized spacial score (nSPS) is 20.5. The Hall–Kier alpha value is -1.38. The molecule has 86 valence electrons. The number of anilines is 1. The van der Waals surface area contributed by atoms with Crippen molar-refractivity contribution in [2.75, 3.05) is 11.4 Å². The van der Waals surface area contributed by atoms with Crippen LogP contribution < -0.4 is 4.90 Å². The molecule has 1 fully saturated rings. The average Bonchev–Trinajstić information content (AvgIpc) is 2.61. The fourth-order valence-corrected chi connectivity index (χ4v) is 2.25. The highest BCUT2D eigenvalue weighted by atomic mass is 19.1. The number of hydrogen-bond acceptors (Lipinski definition) is 1. The lowest BCUT2D eigenvalue weighted by Crippen LogP contribution is -2.24. The van der Waals surface area contributed by atoms with Gasteiger partial charge in [-0.3, -0.25) is 4.79 Å². The largest absolute Gasteiger partial charge is 0.312 e. The van der Waals surface area contributed by atoms with E-state index in [2.05, 4.69) is 6.92 Å². The summed E-state index contributed by atoms with van der Waals surface area (Å²) in [4.78, 5) is 13.5. The second kappa shape index (κ2) is 4.64. The van der Waals surface area contributed by atoms with Crippen LogP contribution in [0.3, 0.4) is 0 Å². The van der Waals surface area contributed by atoms with Crippen molar-refractivity contribution in [2.45, 2.75) is 26.2 Å². The summed E-state index contributed by atoms with van der Waals surface area (Å²) in [6, 6.07) is 6.13. The summed E-state index contributed by atoms with van der Waals surface area (Å²) >= 11 is 0. The predicted octanol–water partition coefficient (Wildman–Crippen LogP) is 2.98. The van der Waals surface area contributed by atoms with Gasteiger partial charge in [0.1, 0.15) is 5.82 Å². The van der Waals surface area contributed by atoms with Crippen LogP contribution in [0.25, 0.3) is 0 Å². The monoisotopic (exact) mass is 221 g/mol. The van der Waals surface area contributed by atoms with Crippen molar-refractivity contribution in [1.82, 2.24) is 0 Å². The Labute approximate surface area is 95.1 Å². The van der Waals surface area contributed by atoms with Gasteiger partial charge in [0.25, 0.3) is 0 Å². The standard InChI is InChI=1S/C13H16FNO/c1-2-3-10-8-13(16)15(9-10)12-6-4-11(14)5-7-12/h4-7,10H,2-3,8-9H2,1H3. The molecule has 0 N–H and O–H groups in total. The van der Waals surface area contributed by atoms with Crippen LogP contribution in [0.4, 0.5) is 10.1 Å². The molecule has 0 aliphatic carbocycles. The lowest BCUT2D eigenvalue weighted by molar-refractivity contribution is -0.117. The smallest absolute Gasteiger partial charge is 0.227 e. The molecular weight excluding hydrogens is 205 g/mol. The van der Waals surface area contributed by atoms with E-state index in [9.17, 15) is 9.18 Å². The number of amides is 1. The minimum absolute atomic E-state index is 0.157. The number of nitrogens with zero attached hydrogens (tertiary/aromatic N) is 1. The first-order valence-corrected chi connectivity index (χ1v) is 5.76. The molecule has 1 heterocycles. The maximum Gasteiger partial charge on any atom is 0.227 e. The molecule has 2 rings (SSSR count). The molecule has 1 aliphatic heterocycles. The highest BCUT2D eigenvalue weighted by Gasteiger charge is 2.29. The molecule has 0 saturated carbocycles. The van der Waals surface area contributed by atoms with Gasteiger partial charge in [-0.05, 0) is 36.6 Å². The molecule has 0 bridgehead atoms. The van der Waals surface area contributed by atoms with Gasteiger partial charge in [0.15, 0.2) is 0 Å². The van der Waals surface area contributed by atoms with E-state index in [0.29, 0.717) is 12.3 Å². The molecule has 0 spiro atoms. The maximum atomic E-state index is 12.8. The molecule has 1 aromatic rings. The number of rotatable bonds is 3. The van der Waals surface area contributed by atoms with Gasteiger partial charge in [0.2, 0.25) is 5.91 Å². The van der Waals surface area contributed by atoms with Crippen molar-refractivity contribution in [3.8, 4) is 0 Å². The van der Waals surface area contributed by atoms with Gasteiger partial charge < -0.3 is 4.90 Å². The van der Waals surface area contributed by atoms with Crippen molar-refractivity contribution in [3.05, 3.63) is 30.1 Å².